The van der Waals surface area contributed by atoms with Crippen LogP contribution in [0.1, 0.15) is 40.0 Å². The van der Waals surface area contributed by atoms with Crippen molar-refractivity contribution in [3.8, 4) is 0 Å². The van der Waals surface area contributed by atoms with Gasteiger partial charge in [-0.25, -0.2) is 5.43 Å². The molecule has 0 radical (unpaired) electrons. The van der Waals surface area contributed by atoms with Crippen LogP contribution >= 0.6 is 12.6 Å². The lowest BCUT2D eigenvalue weighted by molar-refractivity contribution is -0.125. The zero-order valence-electron chi connectivity index (χ0n) is 14.4. The van der Waals surface area contributed by atoms with E-state index in [-0.39, 0.29) is 42.9 Å². The van der Waals surface area contributed by atoms with E-state index in [0.717, 1.165) is 6.42 Å². The maximum absolute atomic E-state index is 11.8. The Kier molecular flexibility index (Phi) is 11.5. The number of Topliss-reactive ketones (excluding diaryl/α,β-unsaturated/α-hetero) is 2. The highest BCUT2D eigenvalue weighted by Gasteiger charge is 2.23. The molecule has 0 aliphatic heterocycles. The highest BCUT2D eigenvalue weighted by Crippen LogP contribution is 2.10. The van der Waals surface area contributed by atoms with Crippen molar-refractivity contribution >= 4 is 35.2 Å². The summed E-state index contributed by atoms with van der Waals surface area (Å²) < 4.78 is 0. The van der Waals surface area contributed by atoms with Crippen LogP contribution in [0.3, 0.4) is 0 Å². The van der Waals surface area contributed by atoms with Crippen LogP contribution in [0, 0.1) is 5.92 Å². The number of hydrazine groups is 1. The molecule has 5 N–H and O–H groups in total. The first-order valence-electron chi connectivity index (χ1n) is 7.94. The monoisotopic (exact) mass is 360 g/mol. The summed E-state index contributed by atoms with van der Waals surface area (Å²) in [6, 6.07) is -1.19. The number of amides is 1. The van der Waals surface area contributed by atoms with Gasteiger partial charge in [0.05, 0.1) is 19.1 Å². The van der Waals surface area contributed by atoms with Crippen LogP contribution in [0.2, 0.25) is 0 Å². The molecule has 0 aromatic heterocycles. The largest absolute Gasteiger partial charge is 0.344 e. The standard InChI is InChI=1S/C15H28N4O4S/c1-4-9(2)14(15(23)24)18-13(22)8-17-7-11(21)5-6-12(19-16)10(3)20/h9,12,14,17,19H,4-8,16H2,1-3H3,(H,18,22)(H,23,24)/t9-,12-,14-/m0/s1. The van der Waals surface area contributed by atoms with Gasteiger partial charge in [0.2, 0.25) is 11.0 Å². The van der Waals surface area contributed by atoms with Crippen molar-refractivity contribution in [3.63, 3.8) is 0 Å². The summed E-state index contributed by atoms with van der Waals surface area (Å²) >= 11 is 3.79. The van der Waals surface area contributed by atoms with Crippen LogP contribution in [0.4, 0.5) is 0 Å². The molecular formula is C15H28N4O4S. The lowest BCUT2D eigenvalue weighted by atomic mass is 10.0. The molecule has 0 spiro atoms. The number of rotatable bonds is 13. The van der Waals surface area contributed by atoms with Crippen molar-refractivity contribution in [3.05, 3.63) is 0 Å². The SMILES string of the molecule is CC[C@H](C)[C@H](NC(=O)CNCC(=O)CC[C@H](NN)C(C)=O)C(=O)S. The second kappa shape index (κ2) is 12.1. The summed E-state index contributed by atoms with van der Waals surface area (Å²) in [7, 11) is 0. The first-order chi connectivity index (χ1) is 11.2. The van der Waals surface area contributed by atoms with Crippen molar-refractivity contribution in [2.45, 2.75) is 52.1 Å². The van der Waals surface area contributed by atoms with Crippen LogP contribution in [0.15, 0.2) is 0 Å². The summed E-state index contributed by atoms with van der Waals surface area (Å²) in [4.78, 5) is 46.1. The summed E-state index contributed by atoms with van der Waals surface area (Å²) in [6.07, 6.45) is 1.21. The Balaban J connectivity index is 4.13. The average Bonchev–Trinajstić information content (AvgIpc) is 2.51. The van der Waals surface area contributed by atoms with E-state index < -0.39 is 17.2 Å². The molecule has 0 aliphatic rings. The smallest absolute Gasteiger partial charge is 0.234 e. The summed E-state index contributed by atoms with van der Waals surface area (Å²) in [5.74, 6) is 4.56. The lowest BCUT2D eigenvalue weighted by Crippen LogP contribution is -2.47. The lowest BCUT2D eigenvalue weighted by Gasteiger charge is -2.21. The highest BCUT2D eigenvalue weighted by atomic mass is 32.1. The highest BCUT2D eigenvalue weighted by molar-refractivity contribution is 7.96. The average molecular weight is 360 g/mol. The van der Waals surface area contributed by atoms with Gasteiger partial charge in [-0.05, 0) is 19.3 Å². The van der Waals surface area contributed by atoms with Gasteiger partial charge in [-0.2, -0.15) is 0 Å². The fourth-order valence-electron chi connectivity index (χ4n) is 2.02. The number of nitrogens with one attached hydrogen (secondary N) is 3. The molecule has 0 saturated heterocycles. The predicted octanol–water partition coefficient (Wildman–Crippen LogP) is -0.666. The Hall–Kier alpha value is -1.29. The fraction of sp³-hybridized carbons (Fsp3) is 0.733. The molecule has 0 aliphatic carbocycles. The first-order valence-corrected chi connectivity index (χ1v) is 8.38. The molecule has 3 atom stereocenters. The number of ketones is 2. The molecule has 0 aromatic rings. The van der Waals surface area contributed by atoms with Gasteiger partial charge < -0.3 is 10.6 Å². The molecule has 0 bridgehead atoms. The van der Waals surface area contributed by atoms with Gasteiger partial charge in [0.25, 0.3) is 0 Å². The Morgan fingerprint density at radius 3 is 2.25 bits per heavy atom. The molecule has 138 valence electrons. The quantitative estimate of drug-likeness (QED) is 0.167. The number of carbonyl (C=O) groups excluding carboxylic acids is 4. The van der Waals surface area contributed by atoms with Gasteiger partial charge in [-0.3, -0.25) is 25.0 Å². The molecule has 24 heavy (non-hydrogen) atoms. The Bertz CT molecular complexity index is 459. The zero-order valence-corrected chi connectivity index (χ0v) is 15.3. The minimum absolute atomic E-state index is 0.00539. The summed E-state index contributed by atoms with van der Waals surface area (Å²) in [6.45, 7) is 5.10. The van der Waals surface area contributed by atoms with Gasteiger partial charge in [0, 0.05) is 6.42 Å². The minimum atomic E-state index is -0.643. The van der Waals surface area contributed by atoms with E-state index in [2.05, 4.69) is 28.7 Å². The third kappa shape index (κ3) is 9.11. The number of carbonyl (C=O) groups is 4. The normalized spacial score (nSPS) is 14.5. The third-order valence-electron chi connectivity index (χ3n) is 3.81. The minimum Gasteiger partial charge on any atom is -0.344 e. The number of hydrogen-bond acceptors (Lipinski definition) is 7. The molecule has 0 saturated carbocycles. The Morgan fingerprint density at radius 2 is 1.79 bits per heavy atom. The van der Waals surface area contributed by atoms with E-state index in [9.17, 15) is 19.2 Å². The molecule has 9 heteroatoms. The van der Waals surface area contributed by atoms with E-state index in [4.69, 9.17) is 5.84 Å². The first kappa shape index (κ1) is 22.7. The molecule has 0 heterocycles. The summed E-state index contributed by atoms with van der Waals surface area (Å²) in [5.41, 5.74) is 2.35. The van der Waals surface area contributed by atoms with Crippen LogP contribution in [0.5, 0.6) is 0 Å². The van der Waals surface area contributed by atoms with Crippen molar-refractivity contribution in [1.82, 2.24) is 16.1 Å². The van der Waals surface area contributed by atoms with Crippen molar-refractivity contribution in [2.24, 2.45) is 11.8 Å². The molecular weight excluding hydrogens is 332 g/mol. The molecule has 0 unspecified atom stereocenters. The Labute approximate surface area is 148 Å². The second-order valence-corrected chi connectivity index (χ2v) is 6.22. The van der Waals surface area contributed by atoms with Gasteiger partial charge in [0.15, 0.2) is 0 Å². The van der Waals surface area contributed by atoms with Gasteiger partial charge >= 0.3 is 0 Å². The summed E-state index contributed by atoms with van der Waals surface area (Å²) in [5, 5.41) is 4.94. The Morgan fingerprint density at radius 1 is 1.17 bits per heavy atom. The van der Waals surface area contributed by atoms with E-state index in [1.807, 2.05) is 13.8 Å². The van der Waals surface area contributed by atoms with E-state index in [1.165, 1.54) is 6.92 Å². The van der Waals surface area contributed by atoms with Crippen LogP contribution < -0.4 is 21.9 Å². The van der Waals surface area contributed by atoms with Crippen LogP contribution in [-0.4, -0.2) is 47.8 Å². The molecule has 8 nitrogen and oxygen atoms in total. The number of thiol groups is 1. The number of nitrogens with two attached hydrogens (primary N) is 1. The molecule has 0 rings (SSSR count). The van der Waals surface area contributed by atoms with Gasteiger partial charge in [-0.1, -0.05) is 20.3 Å². The maximum Gasteiger partial charge on any atom is 0.234 e. The predicted molar refractivity (Wildman–Crippen MR) is 94.3 cm³/mol. The molecule has 0 fully saturated rings. The molecule has 1 amide bonds. The topological polar surface area (TPSA) is 130 Å². The van der Waals surface area contributed by atoms with Crippen molar-refractivity contribution < 1.29 is 19.2 Å². The maximum atomic E-state index is 11.8. The second-order valence-electron chi connectivity index (χ2n) is 5.78. The van der Waals surface area contributed by atoms with Gasteiger partial charge in [-0.15, -0.1) is 12.6 Å². The fourth-order valence-corrected chi connectivity index (χ4v) is 2.34. The van der Waals surface area contributed by atoms with Crippen molar-refractivity contribution in [1.29, 1.82) is 0 Å². The van der Waals surface area contributed by atoms with Crippen molar-refractivity contribution in [2.75, 3.05) is 13.1 Å². The van der Waals surface area contributed by atoms with Crippen LogP contribution in [0.25, 0.3) is 0 Å². The van der Waals surface area contributed by atoms with E-state index >= 15 is 0 Å². The van der Waals surface area contributed by atoms with E-state index in [0.29, 0.717) is 6.42 Å². The third-order valence-corrected chi connectivity index (χ3v) is 4.09. The van der Waals surface area contributed by atoms with E-state index in [1.54, 1.807) is 0 Å². The van der Waals surface area contributed by atoms with Crippen LogP contribution in [-0.2, 0) is 19.2 Å². The molecule has 0 aromatic carbocycles. The number of hydrogen-bond donors (Lipinski definition) is 5. The zero-order chi connectivity index (χ0) is 18.7. The van der Waals surface area contributed by atoms with Gasteiger partial charge in [0.1, 0.15) is 17.6 Å².